The second-order valence-corrected chi connectivity index (χ2v) is 6.23. The lowest BCUT2D eigenvalue weighted by Crippen LogP contribution is -2.20. The molecule has 9 heteroatoms. The van der Waals surface area contributed by atoms with Crippen LogP contribution in [0, 0.1) is 0 Å². The molecule has 0 unspecified atom stereocenters. The Balaban J connectivity index is 2.91. The molecular weight excluding hydrogens is 293 g/mol. The van der Waals surface area contributed by atoms with Gasteiger partial charge in [0.05, 0.1) is 12.6 Å². The van der Waals surface area contributed by atoms with Crippen LogP contribution in [0.25, 0.3) is 10.9 Å². The number of nitrogens with one attached hydrogen (secondary N) is 1. The number of H-pyrrole nitrogens is 1. The Morgan fingerprint density at radius 3 is 2.32 bits per heavy atom. The zero-order valence-electron chi connectivity index (χ0n) is 9.42. The van der Waals surface area contributed by atoms with Crippen LogP contribution in [-0.2, 0) is 0 Å². The Hall–Kier alpha value is -1.77. The van der Waals surface area contributed by atoms with Gasteiger partial charge in [0.2, 0.25) is 0 Å². The van der Waals surface area contributed by atoms with Crippen molar-refractivity contribution in [2.75, 3.05) is 7.11 Å². The number of halogens is 5. The van der Waals surface area contributed by atoms with Gasteiger partial charge in [-0.25, -0.2) is 0 Å². The predicted octanol–water partition coefficient (Wildman–Crippen LogP) is 4.19. The van der Waals surface area contributed by atoms with E-state index < -0.39 is 20.7 Å². The maximum atomic E-state index is 12.7. The van der Waals surface area contributed by atoms with Gasteiger partial charge in [-0.15, -0.1) is 0 Å². The highest BCUT2D eigenvalue weighted by molar-refractivity contribution is 8.45. The van der Waals surface area contributed by atoms with Crippen LogP contribution in [0.5, 0.6) is 5.75 Å². The van der Waals surface area contributed by atoms with Gasteiger partial charge in [0, 0.05) is 5.39 Å². The molecule has 0 radical (unpaired) electrons. The first-order valence-electron chi connectivity index (χ1n) is 4.86. The van der Waals surface area contributed by atoms with Gasteiger partial charge < -0.3 is 9.72 Å². The van der Waals surface area contributed by atoms with Crippen LogP contribution in [0.2, 0.25) is 0 Å². The largest absolute Gasteiger partial charge is 0.495 e. The molecule has 0 bridgehead atoms. The van der Waals surface area contributed by atoms with Crippen LogP contribution in [0.3, 0.4) is 0 Å². The Bertz CT molecular complexity index is 722. The van der Waals surface area contributed by atoms with E-state index in [-0.39, 0.29) is 22.7 Å². The Labute approximate surface area is 103 Å². The first-order chi connectivity index (χ1) is 8.42. The maximum absolute atomic E-state index is 12.7. The van der Waals surface area contributed by atoms with Crippen LogP contribution >= 0.6 is 10.2 Å². The van der Waals surface area contributed by atoms with Crippen molar-refractivity contribution < 1.29 is 24.2 Å². The van der Waals surface area contributed by atoms with Gasteiger partial charge in [-0.1, -0.05) is 31.6 Å². The molecule has 3 nitrogen and oxygen atoms in total. The van der Waals surface area contributed by atoms with Crippen molar-refractivity contribution >= 4 is 21.1 Å². The molecule has 0 aliphatic rings. The Kier molecular flexibility index (Phi) is 2.31. The van der Waals surface area contributed by atoms with Gasteiger partial charge in [0.15, 0.2) is 4.90 Å². The fourth-order valence-electron chi connectivity index (χ4n) is 1.64. The molecule has 2 aromatic rings. The summed E-state index contributed by atoms with van der Waals surface area (Å²) >= 11 is 0. The fraction of sp³-hybridized carbons (Fsp3) is 0.100. The minimum Gasteiger partial charge on any atom is -0.495 e. The fourth-order valence-corrected chi connectivity index (χ4v) is 2.39. The van der Waals surface area contributed by atoms with Crippen molar-refractivity contribution in [2.24, 2.45) is 0 Å². The number of benzene rings is 1. The van der Waals surface area contributed by atoms with Crippen molar-refractivity contribution in [3.63, 3.8) is 0 Å². The molecule has 1 N–H and O–H groups in total. The van der Waals surface area contributed by atoms with Crippen molar-refractivity contribution in [1.29, 1.82) is 0 Å². The molecule has 0 fully saturated rings. The number of aromatic nitrogens is 1. The first-order valence-corrected chi connectivity index (χ1v) is 6.81. The third-order valence-corrected chi connectivity index (χ3v) is 3.58. The molecule has 1 heterocycles. The van der Waals surface area contributed by atoms with Crippen LogP contribution < -0.4 is 10.3 Å². The second-order valence-electron chi connectivity index (χ2n) is 3.86. The summed E-state index contributed by atoms with van der Waals surface area (Å²) in [6.45, 7) is 0. The van der Waals surface area contributed by atoms with Gasteiger partial charge in [0.25, 0.3) is 5.56 Å². The Morgan fingerprint density at radius 2 is 1.79 bits per heavy atom. The molecule has 0 aliphatic heterocycles. The average molecular weight is 301 g/mol. The zero-order chi connectivity index (χ0) is 14.5. The minimum atomic E-state index is -10.0. The highest BCUT2D eigenvalue weighted by atomic mass is 32.5. The van der Waals surface area contributed by atoms with Crippen molar-refractivity contribution in [3.05, 3.63) is 34.6 Å². The minimum absolute atomic E-state index is 0.0689. The first kappa shape index (κ1) is 13.7. The smallest absolute Gasteiger partial charge is 0.315 e. The summed E-state index contributed by atoms with van der Waals surface area (Å²) in [4.78, 5) is 10.6. The third kappa shape index (κ3) is 2.50. The van der Waals surface area contributed by atoms with E-state index in [9.17, 15) is 24.2 Å². The number of rotatable bonds is 2. The topological polar surface area (TPSA) is 42.1 Å². The number of fused-ring (bicyclic) bond motifs is 1. The number of para-hydroxylation sites is 1. The van der Waals surface area contributed by atoms with Gasteiger partial charge in [0.1, 0.15) is 5.75 Å². The quantitative estimate of drug-likeness (QED) is 0.845. The molecule has 0 saturated heterocycles. The lowest BCUT2D eigenvalue weighted by atomic mass is 10.2. The lowest BCUT2D eigenvalue weighted by molar-refractivity contribution is 0.362. The van der Waals surface area contributed by atoms with Gasteiger partial charge in [-0.05, 0) is 12.1 Å². The normalized spacial score (nSPS) is 15.9. The van der Waals surface area contributed by atoms with Gasteiger partial charge in [-0.2, -0.15) is 0 Å². The average Bonchev–Trinajstić information content (AvgIpc) is 2.24. The highest BCUT2D eigenvalue weighted by Crippen LogP contribution is 3.01. The summed E-state index contributed by atoms with van der Waals surface area (Å²) in [7, 11) is -8.78. The van der Waals surface area contributed by atoms with Crippen LogP contribution in [0.15, 0.2) is 34.0 Å². The van der Waals surface area contributed by atoms with Crippen LogP contribution in [0.1, 0.15) is 0 Å². The van der Waals surface area contributed by atoms with E-state index >= 15 is 0 Å². The predicted molar refractivity (Wildman–Crippen MR) is 62.5 cm³/mol. The molecule has 0 spiro atoms. The number of hydrogen-bond acceptors (Lipinski definition) is 2. The number of pyridine rings is 1. The van der Waals surface area contributed by atoms with E-state index in [1.165, 1.54) is 25.3 Å². The molecule has 19 heavy (non-hydrogen) atoms. The number of methoxy groups -OCH3 is 1. The summed E-state index contributed by atoms with van der Waals surface area (Å²) in [5.74, 6) is 0.0864. The van der Waals surface area contributed by atoms with E-state index in [0.717, 1.165) is 0 Å². The molecule has 0 aliphatic carbocycles. The van der Waals surface area contributed by atoms with Crippen molar-refractivity contribution in [1.82, 2.24) is 4.98 Å². The molecule has 1 aromatic carbocycles. The van der Waals surface area contributed by atoms with Crippen molar-refractivity contribution in [3.8, 4) is 5.75 Å². The lowest BCUT2D eigenvalue weighted by Gasteiger charge is -2.39. The standard InChI is InChI=1S/C10H8F5NO2S/c1-18-7-4-2-3-6-5-8(10(17)16-9(6)7)19(11,12,13,14)15/h2-5H,1H3,(H,16,17). The third-order valence-electron chi connectivity index (χ3n) is 2.44. The summed E-state index contributed by atoms with van der Waals surface area (Å²) in [6.07, 6.45) is 0. The number of aromatic amines is 1. The zero-order valence-corrected chi connectivity index (χ0v) is 10.2. The molecule has 0 amide bonds. The molecule has 0 saturated carbocycles. The van der Waals surface area contributed by atoms with E-state index in [4.69, 9.17) is 4.74 Å². The number of hydrogen-bond donors (Lipinski definition) is 1. The van der Waals surface area contributed by atoms with E-state index in [2.05, 4.69) is 0 Å². The molecule has 0 atom stereocenters. The van der Waals surface area contributed by atoms with Crippen LogP contribution in [-0.4, -0.2) is 12.1 Å². The monoisotopic (exact) mass is 301 g/mol. The SMILES string of the molecule is COc1cccc2cc(S(F)(F)(F)(F)F)c(=O)[nH]c12. The molecular formula is C10H8F5NO2S. The van der Waals surface area contributed by atoms with Gasteiger partial charge >= 0.3 is 10.2 Å². The summed E-state index contributed by atoms with van der Waals surface area (Å²) in [6, 6.07) is 4.02. The van der Waals surface area contributed by atoms with E-state index in [1.54, 1.807) is 4.98 Å². The van der Waals surface area contributed by atoms with E-state index in [0.29, 0.717) is 0 Å². The number of ether oxygens (including phenoxy) is 1. The Morgan fingerprint density at radius 1 is 1.16 bits per heavy atom. The summed E-state index contributed by atoms with van der Waals surface area (Å²) in [5, 5.41) is -0.192. The van der Waals surface area contributed by atoms with Gasteiger partial charge in [-0.3, -0.25) is 4.79 Å². The summed E-state index contributed by atoms with van der Waals surface area (Å²) in [5.41, 5.74) is -1.96. The molecule has 2 rings (SSSR count). The maximum Gasteiger partial charge on any atom is 0.315 e. The van der Waals surface area contributed by atoms with Crippen molar-refractivity contribution in [2.45, 2.75) is 4.90 Å². The molecule has 106 valence electrons. The summed E-state index contributed by atoms with van der Waals surface area (Å²) < 4.78 is 68.2. The van der Waals surface area contributed by atoms with Crippen LogP contribution in [0.4, 0.5) is 19.4 Å². The molecule has 1 aromatic heterocycles. The second kappa shape index (κ2) is 3.21. The van der Waals surface area contributed by atoms with E-state index in [1.807, 2.05) is 0 Å². The highest BCUT2D eigenvalue weighted by Gasteiger charge is 2.67.